The molecule has 0 saturated carbocycles. The molecule has 1 atom stereocenters. The maximum absolute atomic E-state index is 11.5. The van der Waals surface area contributed by atoms with Crippen LogP contribution < -0.4 is 11.1 Å². The average Bonchev–Trinajstić information content (AvgIpc) is 2.16. The molecule has 0 spiro atoms. The third kappa shape index (κ3) is 1.63. The van der Waals surface area contributed by atoms with Gasteiger partial charge in [0.1, 0.15) is 5.25 Å². The summed E-state index contributed by atoms with van der Waals surface area (Å²) < 4.78 is 0. The molecule has 74 valence electrons. The van der Waals surface area contributed by atoms with Gasteiger partial charge in [-0.3, -0.25) is 4.79 Å². The molecule has 1 unspecified atom stereocenters. The van der Waals surface area contributed by atoms with Crippen LogP contribution >= 0.6 is 11.8 Å². The second-order valence-electron chi connectivity index (χ2n) is 3.33. The summed E-state index contributed by atoms with van der Waals surface area (Å²) in [7, 11) is 0. The van der Waals surface area contributed by atoms with E-state index in [0.717, 1.165) is 16.1 Å². The van der Waals surface area contributed by atoms with E-state index >= 15 is 0 Å². The highest BCUT2D eigenvalue weighted by molar-refractivity contribution is 8.01. The number of anilines is 1. The molecular formula is C10H12N2OS. The van der Waals surface area contributed by atoms with Crippen LogP contribution in [0.5, 0.6) is 0 Å². The first-order valence-corrected chi connectivity index (χ1v) is 5.37. The summed E-state index contributed by atoms with van der Waals surface area (Å²) in [6.45, 7) is 2.38. The predicted molar refractivity (Wildman–Crippen MR) is 58.5 cm³/mol. The SMILES string of the molecule is Cc1ccc2c(c1)NC(=O)C(CN)S2. The van der Waals surface area contributed by atoms with E-state index < -0.39 is 0 Å². The highest BCUT2D eigenvalue weighted by Crippen LogP contribution is 2.35. The zero-order valence-electron chi connectivity index (χ0n) is 7.91. The first kappa shape index (κ1) is 9.55. The third-order valence-corrected chi connectivity index (χ3v) is 3.47. The minimum Gasteiger partial charge on any atom is -0.329 e. The van der Waals surface area contributed by atoms with Gasteiger partial charge in [-0.2, -0.15) is 0 Å². The van der Waals surface area contributed by atoms with Crippen molar-refractivity contribution in [1.82, 2.24) is 0 Å². The molecule has 1 aromatic rings. The van der Waals surface area contributed by atoms with E-state index in [1.807, 2.05) is 25.1 Å². The first-order valence-electron chi connectivity index (χ1n) is 4.49. The number of fused-ring (bicyclic) bond motifs is 1. The van der Waals surface area contributed by atoms with E-state index in [0.29, 0.717) is 6.54 Å². The Hall–Kier alpha value is -1.000. The lowest BCUT2D eigenvalue weighted by atomic mass is 10.2. The fraction of sp³-hybridized carbons (Fsp3) is 0.300. The highest BCUT2D eigenvalue weighted by Gasteiger charge is 2.25. The largest absolute Gasteiger partial charge is 0.329 e. The van der Waals surface area contributed by atoms with E-state index in [1.165, 1.54) is 11.8 Å². The Labute approximate surface area is 87.1 Å². The number of carbonyl (C=O) groups excluding carboxylic acids is 1. The van der Waals surface area contributed by atoms with Crippen LogP contribution in [0.2, 0.25) is 0 Å². The van der Waals surface area contributed by atoms with Gasteiger partial charge in [-0.05, 0) is 24.6 Å². The smallest absolute Gasteiger partial charge is 0.239 e. The van der Waals surface area contributed by atoms with Gasteiger partial charge in [-0.15, -0.1) is 11.8 Å². The van der Waals surface area contributed by atoms with Crippen molar-refractivity contribution in [2.45, 2.75) is 17.1 Å². The van der Waals surface area contributed by atoms with E-state index in [4.69, 9.17) is 5.73 Å². The average molecular weight is 208 g/mol. The molecule has 4 heteroatoms. The molecule has 2 rings (SSSR count). The van der Waals surface area contributed by atoms with Crippen LogP contribution in [0.1, 0.15) is 5.56 Å². The lowest BCUT2D eigenvalue weighted by Crippen LogP contribution is -2.34. The zero-order chi connectivity index (χ0) is 10.1. The summed E-state index contributed by atoms with van der Waals surface area (Å²) in [6.07, 6.45) is 0. The number of benzene rings is 1. The van der Waals surface area contributed by atoms with Crippen molar-refractivity contribution in [2.75, 3.05) is 11.9 Å². The highest BCUT2D eigenvalue weighted by atomic mass is 32.2. The van der Waals surface area contributed by atoms with Crippen molar-refractivity contribution in [3.05, 3.63) is 23.8 Å². The van der Waals surface area contributed by atoms with Crippen molar-refractivity contribution < 1.29 is 4.79 Å². The molecule has 0 saturated heterocycles. The second kappa shape index (κ2) is 3.63. The molecule has 1 aromatic carbocycles. The summed E-state index contributed by atoms with van der Waals surface area (Å²) in [5.74, 6) is 0.00981. The number of nitrogens with one attached hydrogen (secondary N) is 1. The molecule has 1 aliphatic heterocycles. The van der Waals surface area contributed by atoms with Crippen LogP contribution in [0.3, 0.4) is 0 Å². The summed E-state index contributed by atoms with van der Waals surface area (Å²) in [4.78, 5) is 12.6. The number of carbonyl (C=O) groups is 1. The van der Waals surface area contributed by atoms with Gasteiger partial charge in [0.05, 0.1) is 5.69 Å². The lowest BCUT2D eigenvalue weighted by molar-refractivity contribution is -0.115. The molecule has 0 fully saturated rings. The van der Waals surface area contributed by atoms with Crippen LogP contribution in [0, 0.1) is 6.92 Å². The number of hydrogen-bond acceptors (Lipinski definition) is 3. The Kier molecular flexibility index (Phi) is 2.48. The quantitative estimate of drug-likeness (QED) is 0.732. The Morgan fingerprint density at radius 3 is 3.07 bits per heavy atom. The van der Waals surface area contributed by atoms with Gasteiger partial charge < -0.3 is 11.1 Å². The lowest BCUT2D eigenvalue weighted by Gasteiger charge is -2.23. The molecule has 3 N–H and O–H groups in total. The van der Waals surface area contributed by atoms with Crippen LogP contribution in [0.4, 0.5) is 5.69 Å². The summed E-state index contributed by atoms with van der Waals surface area (Å²) >= 11 is 1.54. The molecule has 1 aliphatic rings. The number of aryl methyl sites for hydroxylation is 1. The minimum absolute atomic E-state index is 0.00981. The van der Waals surface area contributed by atoms with Crippen LogP contribution in [0.25, 0.3) is 0 Å². The van der Waals surface area contributed by atoms with Crippen molar-refractivity contribution in [3.63, 3.8) is 0 Å². The number of amides is 1. The van der Waals surface area contributed by atoms with Gasteiger partial charge in [0, 0.05) is 11.4 Å². The molecule has 14 heavy (non-hydrogen) atoms. The topological polar surface area (TPSA) is 55.1 Å². The molecule has 1 amide bonds. The summed E-state index contributed by atoms with van der Waals surface area (Å²) in [6, 6.07) is 6.04. The number of rotatable bonds is 1. The normalized spacial score (nSPS) is 20.1. The van der Waals surface area contributed by atoms with E-state index in [9.17, 15) is 4.79 Å². The maximum Gasteiger partial charge on any atom is 0.239 e. The molecular weight excluding hydrogens is 196 g/mol. The van der Waals surface area contributed by atoms with Crippen molar-refractivity contribution in [2.24, 2.45) is 5.73 Å². The number of nitrogens with two attached hydrogens (primary N) is 1. The first-order chi connectivity index (χ1) is 6.70. The van der Waals surface area contributed by atoms with E-state index in [2.05, 4.69) is 5.32 Å². The number of thioether (sulfide) groups is 1. The predicted octanol–water partition coefficient (Wildman–Crippen LogP) is 1.37. The van der Waals surface area contributed by atoms with Crippen LogP contribution in [0.15, 0.2) is 23.1 Å². The van der Waals surface area contributed by atoms with Gasteiger partial charge in [-0.1, -0.05) is 6.07 Å². The number of hydrogen-bond donors (Lipinski definition) is 2. The van der Waals surface area contributed by atoms with Gasteiger partial charge >= 0.3 is 0 Å². The maximum atomic E-state index is 11.5. The summed E-state index contributed by atoms with van der Waals surface area (Å²) in [5.41, 5.74) is 7.56. The van der Waals surface area contributed by atoms with Crippen LogP contribution in [-0.2, 0) is 4.79 Å². The van der Waals surface area contributed by atoms with Crippen molar-refractivity contribution in [3.8, 4) is 0 Å². The molecule has 0 bridgehead atoms. The third-order valence-electron chi connectivity index (χ3n) is 2.17. The molecule has 1 heterocycles. The Balaban J connectivity index is 2.35. The molecule has 0 aliphatic carbocycles. The summed E-state index contributed by atoms with van der Waals surface area (Å²) in [5, 5.41) is 2.71. The fourth-order valence-electron chi connectivity index (χ4n) is 1.42. The second-order valence-corrected chi connectivity index (χ2v) is 4.58. The Morgan fingerprint density at radius 1 is 1.57 bits per heavy atom. The minimum atomic E-state index is -0.148. The van der Waals surface area contributed by atoms with E-state index in [-0.39, 0.29) is 11.2 Å². The standard InChI is InChI=1S/C10H12N2OS/c1-6-2-3-8-7(4-6)12-10(13)9(5-11)14-8/h2-4,9H,5,11H2,1H3,(H,12,13). The zero-order valence-corrected chi connectivity index (χ0v) is 8.73. The fourth-order valence-corrected chi connectivity index (χ4v) is 2.37. The molecule has 0 radical (unpaired) electrons. The van der Waals surface area contributed by atoms with Crippen molar-refractivity contribution >= 4 is 23.4 Å². The monoisotopic (exact) mass is 208 g/mol. The van der Waals surface area contributed by atoms with Crippen molar-refractivity contribution in [1.29, 1.82) is 0 Å². The van der Waals surface area contributed by atoms with Gasteiger partial charge in [0.2, 0.25) is 5.91 Å². The van der Waals surface area contributed by atoms with Gasteiger partial charge in [0.15, 0.2) is 0 Å². The molecule has 0 aromatic heterocycles. The Bertz CT molecular complexity index is 378. The van der Waals surface area contributed by atoms with E-state index in [1.54, 1.807) is 0 Å². The van der Waals surface area contributed by atoms with Gasteiger partial charge in [0.25, 0.3) is 0 Å². The van der Waals surface area contributed by atoms with Gasteiger partial charge in [-0.25, -0.2) is 0 Å². The van der Waals surface area contributed by atoms with Crippen LogP contribution in [-0.4, -0.2) is 17.7 Å². The Morgan fingerprint density at radius 2 is 2.36 bits per heavy atom. The molecule has 3 nitrogen and oxygen atoms in total.